The highest BCUT2D eigenvalue weighted by Crippen LogP contribution is 2.42. The van der Waals surface area contributed by atoms with Crippen molar-refractivity contribution in [2.75, 3.05) is 13.1 Å². The molecule has 110 valence electrons. The molecule has 19 heavy (non-hydrogen) atoms. The smallest absolute Gasteiger partial charge is 0.0252 e. The zero-order valence-electron chi connectivity index (χ0n) is 13.1. The molecule has 1 saturated carbocycles. The lowest BCUT2D eigenvalue weighted by molar-refractivity contribution is 0.0437. The van der Waals surface area contributed by atoms with Crippen LogP contribution in [0.3, 0.4) is 0 Å². The van der Waals surface area contributed by atoms with Crippen LogP contribution in [0.4, 0.5) is 0 Å². The molecule has 2 saturated heterocycles. The molecule has 4 atom stereocenters. The lowest BCUT2D eigenvalue weighted by Crippen LogP contribution is -2.52. The fraction of sp³-hybridized carbons (Fsp3) is 1.00. The molecule has 4 unspecified atom stereocenters. The monoisotopic (exact) mass is 264 g/mol. The number of likely N-dealkylation sites (tertiary alicyclic amines) is 1. The first-order valence-electron chi connectivity index (χ1n) is 8.56. The second-order valence-electron chi connectivity index (χ2n) is 8.10. The maximum absolute atomic E-state index is 3.76. The Bertz CT molecular complexity index is 306. The molecule has 3 fully saturated rings. The molecule has 0 spiro atoms. The van der Waals surface area contributed by atoms with E-state index in [-0.39, 0.29) is 0 Å². The van der Waals surface area contributed by atoms with Crippen LogP contribution < -0.4 is 5.32 Å². The summed E-state index contributed by atoms with van der Waals surface area (Å²) in [7, 11) is 0. The Balaban J connectivity index is 1.67. The molecule has 3 rings (SSSR count). The van der Waals surface area contributed by atoms with Crippen molar-refractivity contribution in [1.29, 1.82) is 0 Å². The molecule has 0 amide bonds. The van der Waals surface area contributed by atoms with Crippen LogP contribution in [-0.2, 0) is 0 Å². The van der Waals surface area contributed by atoms with Gasteiger partial charge in [-0.2, -0.15) is 0 Å². The second kappa shape index (κ2) is 5.37. The highest BCUT2D eigenvalue weighted by Gasteiger charge is 2.41. The van der Waals surface area contributed by atoms with Crippen molar-refractivity contribution in [3.8, 4) is 0 Å². The van der Waals surface area contributed by atoms with Crippen LogP contribution in [-0.4, -0.2) is 36.1 Å². The summed E-state index contributed by atoms with van der Waals surface area (Å²) in [6.07, 6.45) is 9.93. The predicted octanol–water partition coefficient (Wildman–Crippen LogP) is 3.42. The fourth-order valence-electron chi connectivity index (χ4n) is 5.12. The van der Waals surface area contributed by atoms with E-state index in [4.69, 9.17) is 0 Å². The van der Waals surface area contributed by atoms with E-state index in [0.29, 0.717) is 5.41 Å². The van der Waals surface area contributed by atoms with Crippen LogP contribution in [0.25, 0.3) is 0 Å². The van der Waals surface area contributed by atoms with E-state index in [1.807, 2.05) is 0 Å². The van der Waals surface area contributed by atoms with Gasteiger partial charge in [-0.15, -0.1) is 0 Å². The summed E-state index contributed by atoms with van der Waals surface area (Å²) < 4.78 is 0. The highest BCUT2D eigenvalue weighted by atomic mass is 15.2. The van der Waals surface area contributed by atoms with Gasteiger partial charge in [0.25, 0.3) is 0 Å². The zero-order chi connectivity index (χ0) is 13.5. The molecule has 1 aliphatic carbocycles. The first-order chi connectivity index (χ1) is 9.07. The van der Waals surface area contributed by atoms with Crippen molar-refractivity contribution in [2.45, 2.75) is 83.8 Å². The Morgan fingerprint density at radius 3 is 2.58 bits per heavy atom. The molecule has 1 N–H and O–H groups in total. The third-order valence-electron chi connectivity index (χ3n) is 5.98. The molecule has 2 heteroatoms. The Morgan fingerprint density at radius 1 is 1.05 bits per heavy atom. The maximum atomic E-state index is 3.76. The van der Waals surface area contributed by atoms with Gasteiger partial charge in [0.05, 0.1) is 0 Å². The molecule has 3 aliphatic rings. The lowest BCUT2D eigenvalue weighted by atomic mass is 9.70. The van der Waals surface area contributed by atoms with Crippen molar-refractivity contribution in [2.24, 2.45) is 11.3 Å². The minimum absolute atomic E-state index is 0.580. The van der Waals surface area contributed by atoms with Gasteiger partial charge in [0.15, 0.2) is 0 Å². The highest BCUT2D eigenvalue weighted by molar-refractivity contribution is 4.98. The Hall–Kier alpha value is -0.0800. The molecule has 0 aromatic rings. The maximum Gasteiger partial charge on any atom is 0.0252 e. The summed E-state index contributed by atoms with van der Waals surface area (Å²) in [4.78, 5) is 2.91. The minimum atomic E-state index is 0.580. The molecular weight excluding hydrogens is 232 g/mol. The van der Waals surface area contributed by atoms with Crippen LogP contribution >= 0.6 is 0 Å². The molecule has 2 aliphatic heterocycles. The summed E-state index contributed by atoms with van der Waals surface area (Å²) in [5.74, 6) is 0.880. The molecule has 0 aromatic heterocycles. The molecule has 0 bridgehead atoms. The van der Waals surface area contributed by atoms with Crippen LogP contribution in [0.1, 0.15) is 65.7 Å². The molecular formula is C17H32N2. The Kier molecular flexibility index (Phi) is 3.92. The third kappa shape index (κ3) is 2.85. The van der Waals surface area contributed by atoms with Crippen LogP contribution in [0.15, 0.2) is 0 Å². The first kappa shape index (κ1) is 13.9. The largest absolute Gasteiger partial charge is 0.312 e. The number of hydrogen-bond acceptors (Lipinski definition) is 2. The van der Waals surface area contributed by atoms with Crippen molar-refractivity contribution in [3.05, 3.63) is 0 Å². The topological polar surface area (TPSA) is 15.3 Å². The predicted molar refractivity (Wildman–Crippen MR) is 81.3 cm³/mol. The number of hydrogen-bond donors (Lipinski definition) is 1. The van der Waals surface area contributed by atoms with Crippen molar-refractivity contribution < 1.29 is 0 Å². The van der Waals surface area contributed by atoms with Gasteiger partial charge in [-0.05, 0) is 69.4 Å². The SMILES string of the molecule is CC1CC(C)(C)CCC1N1CCCC1C1CCCN1. The number of nitrogens with one attached hydrogen (secondary N) is 1. The van der Waals surface area contributed by atoms with E-state index < -0.39 is 0 Å². The summed E-state index contributed by atoms with van der Waals surface area (Å²) in [6.45, 7) is 10.0. The normalized spacial score (nSPS) is 43.7. The van der Waals surface area contributed by atoms with Gasteiger partial charge >= 0.3 is 0 Å². The summed E-state index contributed by atoms with van der Waals surface area (Å²) >= 11 is 0. The van der Waals surface area contributed by atoms with Crippen LogP contribution in [0, 0.1) is 11.3 Å². The van der Waals surface area contributed by atoms with E-state index in [9.17, 15) is 0 Å². The Labute approximate surface area is 119 Å². The molecule has 2 nitrogen and oxygen atoms in total. The number of nitrogens with zero attached hydrogens (tertiary/aromatic N) is 1. The summed E-state index contributed by atoms with van der Waals surface area (Å²) in [5, 5.41) is 3.76. The Morgan fingerprint density at radius 2 is 1.89 bits per heavy atom. The van der Waals surface area contributed by atoms with E-state index >= 15 is 0 Å². The van der Waals surface area contributed by atoms with Crippen molar-refractivity contribution >= 4 is 0 Å². The van der Waals surface area contributed by atoms with Gasteiger partial charge in [-0.1, -0.05) is 20.8 Å². The summed E-state index contributed by atoms with van der Waals surface area (Å²) in [6, 6.07) is 2.50. The molecule has 0 radical (unpaired) electrons. The van der Waals surface area contributed by atoms with E-state index in [2.05, 4.69) is 31.0 Å². The van der Waals surface area contributed by atoms with Crippen LogP contribution in [0.5, 0.6) is 0 Å². The van der Waals surface area contributed by atoms with Crippen molar-refractivity contribution in [1.82, 2.24) is 10.2 Å². The lowest BCUT2D eigenvalue weighted by Gasteiger charge is -2.46. The van der Waals surface area contributed by atoms with Gasteiger partial charge in [0.1, 0.15) is 0 Å². The summed E-state index contributed by atoms with van der Waals surface area (Å²) in [5.41, 5.74) is 0.580. The second-order valence-corrected chi connectivity index (χ2v) is 8.10. The zero-order valence-corrected chi connectivity index (χ0v) is 13.1. The van der Waals surface area contributed by atoms with E-state index in [0.717, 1.165) is 24.0 Å². The standard InChI is InChI=1S/C17H32N2/c1-13-12-17(2,3)9-8-15(13)19-11-5-7-16(19)14-6-4-10-18-14/h13-16,18H,4-12H2,1-3H3. The van der Waals surface area contributed by atoms with Crippen LogP contribution in [0.2, 0.25) is 0 Å². The fourth-order valence-corrected chi connectivity index (χ4v) is 5.12. The number of rotatable bonds is 2. The van der Waals surface area contributed by atoms with Gasteiger partial charge in [-0.3, -0.25) is 4.90 Å². The average Bonchev–Trinajstić information content (AvgIpc) is 2.97. The molecule has 0 aromatic carbocycles. The minimum Gasteiger partial charge on any atom is -0.312 e. The van der Waals surface area contributed by atoms with Gasteiger partial charge in [-0.25, -0.2) is 0 Å². The first-order valence-corrected chi connectivity index (χ1v) is 8.56. The van der Waals surface area contributed by atoms with Gasteiger partial charge < -0.3 is 5.32 Å². The molecule has 2 heterocycles. The van der Waals surface area contributed by atoms with Crippen molar-refractivity contribution in [3.63, 3.8) is 0 Å². The average molecular weight is 264 g/mol. The quantitative estimate of drug-likeness (QED) is 0.822. The third-order valence-corrected chi connectivity index (χ3v) is 5.98. The van der Waals surface area contributed by atoms with Gasteiger partial charge in [0.2, 0.25) is 0 Å². The van der Waals surface area contributed by atoms with Gasteiger partial charge in [0, 0.05) is 18.1 Å². The van der Waals surface area contributed by atoms with E-state index in [1.165, 1.54) is 58.0 Å². The van der Waals surface area contributed by atoms with E-state index in [1.54, 1.807) is 0 Å².